The van der Waals surface area contributed by atoms with Crippen LogP contribution < -0.4 is 5.73 Å². The quantitative estimate of drug-likeness (QED) is 0.610. The van der Waals surface area contributed by atoms with E-state index in [0.717, 1.165) is 16.0 Å². The van der Waals surface area contributed by atoms with Gasteiger partial charge in [-0.2, -0.15) is 0 Å². The minimum absolute atomic E-state index is 0.00262. The first-order valence-electron chi connectivity index (χ1n) is 8.82. The number of amides is 2. The Balaban J connectivity index is 3.23. The van der Waals surface area contributed by atoms with Crippen LogP contribution in [-0.2, 0) is 16.0 Å². The maximum absolute atomic E-state index is 12.6. The van der Waals surface area contributed by atoms with Gasteiger partial charge in [-0.3, -0.25) is 0 Å². The van der Waals surface area contributed by atoms with E-state index in [-0.39, 0.29) is 6.54 Å². The Kier molecular flexibility index (Phi) is 7.00. The lowest BCUT2D eigenvalue weighted by Gasteiger charge is -2.29. The molecule has 7 nitrogen and oxygen atoms in total. The summed E-state index contributed by atoms with van der Waals surface area (Å²) in [4.78, 5) is 30.5. The fraction of sp³-hybridized carbons (Fsp3) is 0.550. The summed E-state index contributed by atoms with van der Waals surface area (Å²) in [5.74, 6) is 0.423. The van der Waals surface area contributed by atoms with Crippen molar-refractivity contribution in [3.8, 4) is 0 Å². The van der Waals surface area contributed by atoms with Crippen molar-refractivity contribution in [2.45, 2.75) is 73.1 Å². The van der Waals surface area contributed by atoms with E-state index in [2.05, 4.69) is 4.99 Å². The summed E-state index contributed by atoms with van der Waals surface area (Å²) < 4.78 is 10.8. The second kappa shape index (κ2) is 8.41. The van der Waals surface area contributed by atoms with Crippen molar-refractivity contribution in [1.29, 1.82) is 0 Å². The number of hydrogen-bond donors (Lipinski definition) is 1. The SMILES string of the molecule is CC(N)=Nc1cccc(CN(C(=O)OC(C)(C)C)C(=O)OC(C)(C)C)c1C. The van der Waals surface area contributed by atoms with E-state index in [1.807, 2.05) is 19.1 Å². The third-order valence-electron chi connectivity index (χ3n) is 3.27. The predicted octanol–water partition coefficient (Wildman–Crippen LogP) is 4.68. The molecule has 0 saturated carbocycles. The summed E-state index contributed by atoms with van der Waals surface area (Å²) in [5.41, 5.74) is 6.43. The normalized spacial score (nSPS) is 12.5. The number of rotatable bonds is 3. The molecule has 0 heterocycles. The summed E-state index contributed by atoms with van der Waals surface area (Å²) in [6, 6.07) is 5.44. The highest BCUT2D eigenvalue weighted by atomic mass is 16.6. The number of aliphatic imine (C=N–C) groups is 1. The van der Waals surface area contributed by atoms with Crippen molar-refractivity contribution >= 4 is 23.7 Å². The maximum atomic E-state index is 12.6. The fourth-order valence-corrected chi connectivity index (χ4v) is 2.16. The van der Waals surface area contributed by atoms with Crippen LogP contribution in [0.25, 0.3) is 0 Å². The van der Waals surface area contributed by atoms with Gasteiger partial charge in [0.1, 0.15) is 11.2 Å². The Bertz CT molecular complexity index is 696. The van der Waals surface area contributed by atoms with Gasteiger partial charge in [0.15, 0.2) is 0 Å². The first-order chi connectivity index (χ1) is 12.2. The lowest BCUT2D eigenvalue weighted by Crippen LogP contribution is -2.43. The van der Waals surface area contributed by atoms with Crippen molar-refractivity contribution in [2.24, 2.45) is 10.7 Å². The molecule has 1 aromatic rings. The van der Waals surface area contributed by atoms with Crippen molar-refractivity contribution in [3.63, 3.8) is 0 Å². The van der Waals surface area contributed by atoms with Crippen LogP contribution in [0.15, 0.2) is 23.2 Å². The zero-order valence-electron chi connectivity index (χ0n) is 17.5. The molecule has 0 saturated heterocycles. The molecule has 0 aromatic heterocycles. The summed E-state index contributed by atoms with van der Waals surface area (Å²) >= 11 is 0. The Morgan fingerprint density at radius 1 is 1.04 bits per heavy atom. The molecular weight excluding hydrogens is 346 g/mol. The van der Waals surface area contributed by atoms with Crippen molar-refractivity contribution in [1.82, 2.24) is 4.90 Å². The molecule has 0 spiro atoms. The number of nitrogens with zero attached hydrogens (tertiary/aromatic N) is 2. The molecule has 0 unspecified atom stereocenters. The van der Waals surface area contributed by atoms with Crippen molar-refractivity contribution < 1.29 is 19.1 Å². The van der Waals surface area contributed by atoms with Gasteiger partial charge in [0.2, 0.25) is 0 Å². The van der Waals surface area contributed by atoms with E-state index >= 15 is 0 Å². The Hall–Kier alpha value is -2.57. The van der Waals surface area contributed by atoms with Gasteiger partial charge in [-0.05, 0) is 72.6 Å². The number of benzene rings is 1. The smallest absolute Gasteiger partial charge is 0.420 e. The first-order valence-corrected chi connectivity index (χ1v) is 8.82. The van der Waals surface area contributed by atoms with Gasteiger partial charge in [0.05, 0.1) is 18.1 Å². The van der Waals surface area contributed by atoms with Crippen LogP contribution in [-0.4, -0.2) is 34.1 Å². The van der Waals surface area contributed by atoms with E-state index in [4.69, 9.17) is 15.2 Å². The number of carbonyl (C=O) groups excluding carboxylic acids is 2. The largest absolute Gasteiger partial charge is 0.443 e. The molecule has 1 aromatic carbocycles. The van der Waals surface area contributed by atoms with Crippen LogP contribution in [0.2, 0.25) is 0 Å². The van der Waals surface area contributed by atoms with E-state index in [9.17, 15) is 9.59 Å². The first kappa shape index (κ1) is 22.5. The molecule has 0 radical (unpaired) electrons. The molecule has 27 heavy (non-hydrogen) atoms. The Labute approximate surface area is 161 Å². The van der Waals surface area contributed by atoms with Gasteiger partial charge < -0.3 is 15.2 Å². The predicted molar refractivity (Wildman–Crippen MR) is 106 cm³/mol. The second-order valence-corrected chi connectivity index (χ2v) is 8.36. The number of imide groups is 1. The molecule has 0 aliphatic heterocycles. The highest BCUT2D eigenvalue weighted by molar-refractivity contribution is 5.88. The van der Waals surface area contributed by atoms with Gasteiger partial charge in [-0.15, -0.1) is 0 Å². The Morgan fingerprint density at radius 2 is 1.52 bits per heavy atom. The third-order valence-corrected chi connectivity index (χ3v) is 3.27. The summed E-state index contributed by atoms with van der Waals surface area (Å²) in [5, 5.41) is 0. The van der Waals surface area contributed by atoms with Crippen LogP contribution in [0.5, 0.6) is 0 Å². The van der Waals surface area contributed by atoms with Crippen molar-refractivity contribution in [2.75, 3.05) is 0 Å². The Morgan fingerprint density at radius 3 is 1.93 bits per heavy atom. The van der Waals surface area contributed by atoms with Crippen LogP contribution in [0.3, 0.4) is 0 Å². The maximum Gasteiger partial charge on any atom is 0.420 e. The zero-order valence-corrected chi connectivity index (χ0v) is 17.5. The third kappa shape index (κ3) is 7.68. The van der Waals surface area contributed by atoms with Crippen LogP contribution in [0.1, 0.15) is 59.6 Å². The van der Waals surface area contributed by atoms with Gasteiger partial charge in [0.25, 0.3) is 0 Å². The monoisotopic (exact) mass is 377 g/mol. The minimum Gasteiger partial charge on any atom is -0.443 e. The molecule has 0 bridgehead atoms. The average molecular weight is 377 g/mol. The highest BCUT2D eigenvalue weighted by Crippen LogP contribution is 2.24. The molecule has 7 heteroatoms. The molecule has 0 fully saturated rings. The van der Waals surface area contributed by atoms with Crippen LogP contribution >= 0.6 is 0 Å². The molecule has 2 amide bonds. The van der Waals surface area contributed by atoms with Crippen molar-refractivity contribution in [3.05, 3.63) is 29.3 Å². The summed E-state index contributed by atoms with van der Waals surface area (Å²) in [6.45, 7) is 14.0. The molecule has 0 atom stereocenters. The highest BCUT2D eigenvalue weighted by Gasteiger charge is 2.31. The van der Waals surface area contributed by atoms with E-state index in [1.165, 1.54) is 0 Å². The minimum atomic E-state index is -0.764. The van der Waals surface area contributed by atoms with Gasteiger partial charge >= 0.3 is 12.2 Å². The summed E-state index contributed by atoms with van der Waals surface area (Å²) in [7, 11) is 0. The van der Waals surface area contributed by atoms with Crippen LogP contribution in [0, 0.1) is 6.92 Å². The zero-order chi connectivity index (χ0) is 21.0. The van der Waals surface area contributed by atoms with E-state index in [0.29, 0.717) is 11.5 Å². The molecule has 2 N–H and O–H groups in total. The fourth-order valence-electron chi connectivity index (χ4n) is 2.16. The van der Waals surface area contributed by atoms with E-state index < -0.39 is 23.4 Å². The summed E-state index contributed by atoms with van der Waals surface area (Å²) in [6.07, 6.45) is -1.53. The molecule has 1 rings (SSSR count). The number of ether oxygens (including phenoxy) is 2. The number of nitrogens with two attached hydrogens (primary N) is 1. The van der Waals surface area contributed by atoms with Gasteiger partial charge in [0, 0.05) is 0 Å². The topological polar surface area (TPSA) is 94.2 Å². The lowest BCUT2D eigenvalue weighted by molar-refractivity contribution is -0.000266. The molecule has 150 valence electrons. The average Bonchev–Trinajstić information content (AvgIpc) is 2.43. The van der Waals surface area contributed by atoms with Gasteiger partial charge in [-0.25, -0.2) is 19.5 Å². The standard InChI is InChI=1S/C20H31N3O4/c1-13-15(10-9-11-16(13)22-14(2)21)12-23(17(24)26-19(3,4)5)18(25)27-20(6,7)8/h9-11H,12H2,1-8H3,(H2,21,22). The lowest BCUT2D eigenvalue weighted by atomic mass is 10.1. The second-order valence-electron chi connectivity index (χ2n) is 8.36. The van der Waals surface area contributed by atoms with Crippen LogP contribution in [0.4, 0.5) is 15.3 Å². The van der Waals surface area contributed by atoms with Gasteiger partial charge in [-0.1, -0.05) is 12.1 Å². The number of hydrogen-bond acceptors (Lipinski definition) is 5. The molecule has 0 aliphatic carbocycles. The van der Waals surface area contributed by atoms with E-state index in [1.54, 1.807) is 54.5 Å². The molecule has 0 aliphatic rings. The number of amidine groups is 1. The number of carbonyl (C=O) groups is 2. The molecular formula is C20H31N3O4.